The van der Waals surface area contributed by atoms with Crippen LogP contribution in [0, 0.1) is 0 Å². The lowest BCUT2D eigenvalue weighted by atomic mass is 9.81. The van der Waals surface area contributed by atoms with Crippen molar-refractivity contribution in [3.63, 3.8) is 0 Å². The maximum absolute atomic E-state index is 6.71. The molecule has 0 amide bonds. The third-order valence-electron chi connectivity index (χ3n) is 8.41. The number of piperidine rings is 1. The Bertz CT molecular complexity index is 976. The Hall–Kier alpha value is -2.47. The summed E-state index contributed by atoms with van der Waals surface area (Å²) < 4.78 is 12.0. The number of hydrogen-bond acceptors (Lipinski definition) is 6. The maximum Gasteiger partial charge on any atom is 0.214 e. The molecule has 0 unspecified atom stereocenters. The summed E-state index contributed by atoms with van der Waals surface area (Å²) in [6.45, 7) is 6.36. The Balaban J connectivity index is 1.08. The number of rotatable bonds is 4. The summed E-state index contributed by atoms with van der Waals surface area (Å²) in [6, 6.07) is 13.7. The number of ether oxygens (including phenoxy) is 2. The molecule has 2 saturated heterocycles. The van der Waals surface area contributed by atoms with Crippen molar-refractivity contribution in [2.75, 3.05) is 56.2 Å². The number of nitrogens with zero attached hydrogens (tertiary/aromatic N) is 4. The largest absolute Gasteiger partial charge is 0.487 e. The molecular weight excluding hydrogens is 412 g/mol. The molecule has 6 rings (SSSR count). The molecule has 0 N–H and O–H groups in total. The van der Waals surface area contributed by atoms with E-state index in [4.69, 9.17) is 9.47 Å². The topological polar surface area (TPSA) is 41.1 Å². The Morgan fingerprint density at radius 3 is 2.45 bits per heavy atom. The summed E-state index contributed by atoms with van der Waals surface area (Å²) in [5.74, 6) is 2.80. The van der Waals surface area contributed by atoms with Crippen LogP contribution in [0.5, 0.6) is 11.6 Å². The molecule has 4 aliphatic rings. The number of aromatic nitrogens is 1. The number of fused-ring (bicyclic) bond motifs is 1. The standard InChI is InChI=1S/C27H36N4O2/c1-32-26-7-3-6-25(28-26)31-18-16-30(17-19-31)23-8-9-24-21(20-23)10-11-27(33-24)12-14-29(15-13-27)22-4-2-5-22/h3,6-9,20,22H,2,4-5,10-19H2,1H3. The number of piperazine rings is 1. The lowest BCUT2D eigenvalue weighted by Crippen LogP contribution is -2.53. The van der Waals surface area contributed by atoms with Crippen LogP contribution in [-0.4, -0.2) is 67.9 Å². The quantitative estimate of drug-likeness (QED) is 0.701. The highest BCUT2D eigenvalue weighted by molar-refractivity contribution is 5.55. The summed E-state index contributed by atoms with van der Waals surface area (Å²) in [7, 11) is 1.67. The lowest BCUT2D eigenvalue weighted by molar-refractivity contribution is -0.0336. The van der Waals surface area contributed by atoms with Gasteiger partial charge in [-0.25, -0.2) is 0 Å². The van der Waals surface area contributed by atoms with E-state index in [0.717, 1.165) is 56.6 Å². The van der Waals surface area contributed by atoms with Crippen molar-refractivity contribution in [1.82, 2.24) is 9.88 Å². The molecule has 6 nitrogen and oxygen atoms in total. The zero-order valence-corrected chi connectivity index (χ0v) is 19.8. The van der Waals surface area contributed by atoms with Crippen LogP contribution in [0.25, 0.3) is 0 Å². The van der Waals surface area contributed by atoms with Gasteiger partial charge >= 0.3 is 0 Å². The van der Waals surface area contributed by atoms with Crippen LogP contribution in [0.1, 0.15) is 44.1 Å². The first-order chi connectivity index (χ1) is 16.2. The van der Waals surface area contributed by atoms with Crippen LogP contribution in [0.4, 0.5) is 11.5 Å². The zero-order valence-electron chi connectivity index (χ0n) is 19.8. The van der Waals surface area contributed by atoms with Crippen molar-refractivity contribution in [2.24, 2.45) is 0 Å². The molecule has 6 heteroatoms. The second-order valence-corrected chi connectivity index (χ2v) is 10.2. The smallest absolute Gasteiger partial charge is 0.214 e. The van der Waals surface area contributed by atoms with Crippen LogP contribution < -0.4 is 19.3 Å². The van der Waals surface area contributed by atoms with Gasteiger partial charge in [0.25, 0.3) is 0 Å². The fourth-order valence-corrected chi connectivity index (χ4v) is 5.99. The van der Waals surface area contributed by atoms with Crippen molar-refractivity contribution in [2.45, 2.75) is 56.6 Å². The van der Waals surface area contributed by atoms with E-state index in [2.05, 4.69) is 43.9 Å². The van der Waals surface area contributed by atoms with Crippen molar-refractivity contribution in [3.8, 4) is 11.6 Å². The van der Waals surface area contributed by atoms with E-state index in [-0.39, 0.29) is 5.60 Å². The van der Waals surface area contributed by atoms with Gasteiger partial charge in [-0.15, -0.1) is 0 Å². The summed E-state index contributed by atoms with van der Waals surface area (Å²) in [5, 5.41) is 0. The highest BCUT2D eigenvalue weighted by Crippen LogP contribution is 2.42. The molecular formula is C27H36N4O2. The van der Waals surface area contributed by atoms with Gasteiger partial charge in [0.05, 0.1) is 7.11 Å². The van der Waals surface area contributed by atoms with Gasteiger partial charge in [-0.05, 0) is 68.4 Å². The minimum Gasteiger partial charge on any atom is -0.487 e. The summed E-state index contributed by atoms with van der Waals surface area (Å²) >= 11 is 0. The molecule has 4 heterocycles. The number of anilines is 2. The summed E-state index contributed by atoms with van der Waals surface area (Å²) in [4.78, 5) is 12.2. The van der Waals surface area contributed by atoms with Crippen molar-refractivity contribution in [3.05, 3.63) is 42.0 Å². The van der Waals surface area contributed by atoms with Gasteiger partial charge in [-0.2, -0.15) is 4.98 Å². The molecule has 0 radical (unpaired) electrons. The van der Waals surface area contributed by atoms with Crippen molar-refractivity contribution >= 4 is 11.5 Å². The Kier molecular flexibility index (Phi) is 5.57. The number of aryl methyl sites for hydroxylation is 1. The van der Waals surface area contributed by atoms with Gasteiger partial charge in [-0.1, -0.05) is 12.5 Å². The highest BCUT2D eigenvalue weighted by Gasteiger charge is 2.41. The molecule has 1 aromatic carbocycles. The Morgan fingerprint density at radius 2 is 1.73 bits per heavy atom. The Morgan fingerprint density at radius 1 is 0.939 bits per heavy atom. The second kappa shape index (κ2) is 8.71. The molecule has 0 bridgehead atoms. The van der Waals surface area contributed by atoms with Crippen LogP contribution in [-0.2, 0) is 6.42 Å². The molecule has 176 valence electrons. The van der Waals surface area contributed by atoms with Gasteiger partial charge in [0.15, 0.2) is 0 Å². The van der Waals surface area contributed by atoms with Crippen LogP contribution in [0.15, 0.2) is 36.4 Å². The second-order valence-electron chi connectivity index (χ2n) is 10.2. The van der Waals surface area contributed by atoms with E-state index in [1.165, 1.54) is 56.4 Å². The zero-order chi connectivity index (χ0) is 22.3. The molecule has 2 aromatic rings. The van der Waals surface area contributed by atoms with Gasteiger partial charge < -0.3 is 24.2 Å². The van der Waals surface area contributed by atoms with E-state index >= 15 is 0 Å². The number of methoxy groups -OCH3 is 1. The molecule has 0 atom stereocenters. The number of hydrogen-bond donors (Lipinski definition) is 0. The minimum absolute atomic E-state index is 0.0735. The number of pyridine rings is 1. The first-order valence-corrected chi connectivity index (χ1v) is 12.8. The molecule has 3 aliphatic heterocycles. The molecule has 33 heavy (non-hydrogen) atoms. The van der Waals surface area contributed by atoms with E-state index in [1.54, 1.807) is 7.11 Å². The van der Waals surface area contributed by atoms with Crippen molar-refractivity contribution < 1.29 is 9.47 Å². The predicted molar refractivity (Wildman–Crippen MR) is 132 cm³/mol. The SMILES string of the molecule is COc1cccc(N2CCN(c3ccc4c(c3)CCC3(CCN(C5CCC5)CC3)O4)CC2)n1. The first-order valence-electron chi connectivity index (χ1n) is 12.8. The number of likely N-dealkylation sites (tertiary alicyclic amines) is 1. The predicted octanol–water partition coefficient (Wildman–Crippen LogP) is 4.13. The van der Waals surface area contributed by atoms with E-state index < -0.39 is 0 Å². The van der Waals surface area contributed by atoms with Gasteiger partial charge in [0.1, 0.15) is 17.2 Å². The molecule has 1 spiro atoms. The molecule has 3 fully saturated rings. The third kappa shape index (κ3) is 4.14. The monoisotopic (exact) mass is 448 g/mol. The third-order valence-corrected chi connectivity index (χ3v) is 8.41. The van der Waals surface area contributed by atoms with E-state index in [1.807, 2.05) is 12.1 Å². The molecule has 1 aromatic heterocycles. The van der Waals surface area contributed by atoms with Crippen molar-refractivity contribution in [1.29, 1.82) is 0 Å². The van der Waals surface area contributed by atoms with E-state index in [0.29, 0.717) is 5.88 Å². The lowest BCUT2D eigenvalue weighted by Gasteiger charge is -2.48. The summed E-state index contributed by atoms with van der Waals surface area (Å²) in [5.41, 5.74) is 2.78. The van der Waals surface area contributed by atoms with Crippen LogP contribution in [0.2, 0.25) is 0 Å². The normalized spacial score (nSPS) is 23.1. The van der Waals surface area contributed by atoms with Crippen LogP contribution >= 0.6 is 0 Å². The highest BCUT2D eigenvalue weighted by atomic mass is 16.5. The van der Waals surface area contributed by atoms with Gasteiger partial charge in [-0.3, -0.25) is 0 Å². The number of benzene rings is 1. The van der Waals surface area contributed by atoms with Gasteiger partial charge in [0.2, 0.25) is 5.88 Å². The maximum atomic E-state index is 6.71. The van der Waals surface area contributed by atoms with E-state index in [9.17, 15) is 0 Å². The first kappa shape index (κ1) is 21.1. The average molecular weight is 449 g/mol. The van der Waals surface area contributed by atoms with Gasteiger partial charge in [0, 0.05) is 57.1 Å². The average Bonchev–Trinajstić information content (AvgIpc) is 2.84. The molecule has 1 aliphatic carbocycles. The summed E-state index contributed by atoms with van der Waals surface area (Å²) in [6.07, 6.45) is 8.91. The molecule has 1 saturated carbocycles. The minimum atomic E-state index is 0.0735. The fraction of sp³-hybridized carbons (Fsp3) is 0.593. The Labute approximate surface area is 197 Å². The van der Waals surface area contributed by atoms with Crippen LogP contribution in [0.3, 0.4) is 0 Å². The fourth-order valence-electron chi connectivity index (χ4n) is 5.99.